The van der Waals surface area contributed by atoms with Crippen molar-refractivity contribution in [1.29, 1.82) is 0 Å². The zero-order valence-corrected chi connectivity index (χ0v) is 16.2. The maximum Gasteiger partial charge on any atom is 0.265 e. The van der Waals surface area contributed by atoms with Gasteiger partial charge < -0.3 is 10.6 Å². The standard InChI is InChI=1S/C20H23ClN2O2S/c21-16-13-15(22-19(24)11-8-14-5-2-1-3-6-14)9-10-17(16)23-20(25)18-7-4-12-26-18/h4,7,9-10,12-14H,1-3,5-6,8,11H2,(H,22,24)(H,23,25). The van der Waals surface area contributed by atoms with Crippen LogP contribution < -0.4 is 10.6 Å². The molecule has 0 saturated heterocycles. The summed E-state index contributed by atoms with van der Waals surface area (Å²) < 4.78 is 0. The third kappa shape index (κ3) is 5.32. The molecule has 1 aliphatic carbocycles. The SMILES string of the molecule is O=C(CCC1CCCCC1)Nc1ccc(NC(=O)c2cccs2)c(Cl)c1. The minimum atomic E-state index is -0.189. The number of halogens is 1. The first-order chi connectivity index (χ1) is 12.6. The molecule has 138 valence electrons. The van der Waals surface area contributed by atoms with Gasteiger partial charge in [-0.3, -0.25) is 9.59 Å². The third-order valence-electron chi connectivity index (χ3n) is 4.75. The summed E-state index contributed by atoms with van der Waals surface area (Å²) in [6.07, 6.45) is 7.90. The molecule has 0 spiro atoms. The first-order valence-corrected chi connectivity index (χ1v) is 10.3. The van der Waals surface area contributed by atoms with Crippen LogP contribution in [0, 0.1) is 5.92 Å². The summed E-state index contributed by atoms with van der Waals surface area (Å²) in [7, 11) is 0. The fraction of sp³-hybridized carbons (Fsp3) is 0.400. The predicted molar refractivity (Wildman–Crippen MR) is 108 cm³/mol. The summed E-state index contributed by atoms with van der Waals surface area (Å²) in [4.78, 5) is 24.9. The van der Waals surface area contributed by atoms with E-state index in [0.717, 1.165) is 6.42 Å². The first kappa shape index (κ1) is 18.9. The smallest absolute Gasteiger partial charge is 0.265 e. The van der Waals surface area contributed by atoms with E-state index in [-0.39, 0.29) is 11.8 Å². The monoisotopic (exact) mass is 390 g/mol. The lowest BCUT2D eigenvalue weighted by molar-refractivity contribution is -0.116. The Morgan fingerprint density at radius 3 is 2.62 bits per heavy atom. The van der Waals surface area contributed by atoms with Gasteiger partial charge >= 0.3 is 0 Å². The van der Waals surface area contributed by atoms with Crippen molar-refractivity contribution in [3.8, 4) is 0 Å². The number of nitrogens with one attached hydrogen (secondary N) is 2. The van der Waals surface area contributed by atoms with Crippen LogP contribution in [0.5, 0.6) is 0 Å². The van der Waals surface area contributed by atoms with Crippen LogP contribution in [-0.4, -0.2) is 11.8 Å². The van der Waals surface area contributed by atoms with Crippen molar-refractivity contribution < 1.29 is 9.59 Å². The number of hydrogen-bond donors (Lipinski definition) is 2. The van der Waals surface area contributed by atoms with Crippen molar-refractivity contribution >= 4 is 46.1 Å². The van der Waals surface area contributed by atoms with Crippen LogP contribution in [0.25, 0.3) is 0 Å². The molecule has 2 amide bonds. The van der Waals surface area contributed by atoms with Gasteiger partial charge in [-0.15, -0.1) is 11.3 Å². The van der Waals surface area contributed by atoms with Crippen LogP contribution in [-0.2, 0) is 4.79 Å². The summed E-state index contributed by atoms with van der Waals surface area (Å²) >= 11 is 7.63. The van der Waals surface area contributed by atoms with Crippen LogP contribution in [0.4, 0.5) is 11.4 Å². The molecule has 26 heavy (non-hydrogen) atoms. The second kappa shape index (κ2) is 9.19. The molecule has 0 bridgehead atoms. The van der Waals surface area contributed by atoms with Gasteiger partial charge in [-0.05, 0) is 42.0 Å². The fourth-order valence-corrected chi connectivity index (χ4v) is 4.17. The van der Waals surface area contributed by atoms with E-state index < -0.39 is 0 Å². The van der Waals surface area contributed by atoms with E-state index >= 15 is 0 Å². The van der Waals surface area contributed by atoms with Crippen LogP contribution in [0.15, 0.2) is 35.7 Å². The van der Waals surface area contributed by atoms with Crippen LogP contribution >= 0.6 is 22.9 Å². The Bertz CT molecular complexity index is 755. The van der Waals surface area contributed by atoms with Gasteiger partial charge in [0.25, 0.3) is 5.91 Å². The van der Waals surface area contributed by atoms with Crippen molar-refractivity contribution in [2.75, 3.05) is 10.6 Å². The summed E-state index contributed by atoms with van der Waals surface area (Å²) in [5.41, 5.74) is 1.18. The van der Waals surface area contributed by atoms with Gasteiger partial charge in [0.2, 0.25) is 5.91 Å². The Hall–Kier alpha value is -1.85. The number of hydrogen-bond acceptors (Lipinski definition) is 3. The van der Waals surface area contributed by atoms with E-state index in [1.165, 1.54) is 43.4 Å². The van der Waals surface area contributed by atoms with Gasteiger partial charge in [0, 0.05) is 12.1 Å². The molecule has 6 heteroatoms. The molecule has 1 saturated carbocycles. The van der Waals surface area contributed by atoms with Gasteiger partial charge in [-0.1, -0.05) is 49.8 Å². The van der Waals surface area contributed by atoms with E-state index in [2.05, 4.69) is 10.6 Å². The van der Waals surface area contributed by atoms with Crippen molar-refractivity contribution in [1.82, 2.24) is 0 Å². The molecule has 2 N–H and O–H groups in total. The van der Waals surface area contributed by atoms with Crippen LogP contribution in [0.3, 0.4) is 0 Å². The Kier molecular flexibility index (Phi) is 6.69. The lowest BCUT2D eigenvalue weighted by atomic mass is 9.86. The average Bonchev–Trinajstić information content (AvgIpc) is 3.18. The van der Waals surface area contributed by atoms with Crippen molar-refractivity contribution in [3.63, 3.8) is 0 Å². The molecule has 0 aliphatic heterocycles. The zero-order valence-electron chi connectivity index (χ0n) is 14.6. The van der Waals surface area contributed by atoms with Gasteiger partial charge in [0.1, 0.15) is 0 Å². The molecule has 4 nitrogen and oxygen atoms in total. The highest BCUT2D eigenvalue weighted by molar-refractivity contribution is 7.12. The van der Waals surface area contributed by atoms with Crippen molar-refractivity contribution in [2.45, 2.75) is 44.9 Å². The molecular weight excluding hydrogens is 368 g/mol. The number of amides is 2. The maximum atomic E-state index is 12.2. The van der Waals surface area contributed by atoms with Gasteiger partial charge in [0.15, 0.2) is 0 Å². The van der Waals surface area contributed by atoms with E-state index in [9.17, 15) is 9.59 Å². The number of carbonyl (C=O) groups is 2. The third-order valence-corrected chi connectivity index (χ3v) is 5.93. The van der Waals surface area contributed by atoms with Crippen LogP contribution in [0.1, 0.15) is 54.6 Å². The second-order valence-electron chi connectivity index (χ2n) is 6.72. The number of anilines is 2. The summed E-state index contributed by atoms with van der Waals surface area (Å²) in [5, 5.41) is 7.94. The molecule has 3 rings (SSSR count). The van der Waals surface area contributed by atoms with E-state index in [1.807, 2.05) is 11.4 Å². The number of benzene rings is 1. The molecule has 0 radical (unpaired) electrons. The lowest BCUT2D eigenvalue weighted by Gasteiger charge is -2.21. The maximum absolute atomic E-state index is 12.2. The molecule has 1 aromatic carbocycles. The molecule has 0 unspecified atom stereocenters. The number of carbonyl (C=O) groups excluding carboxylic acids is 2. The first-order valence-electron chi connectivity index (χ1n) is 9.06. The minimum absolute atomic E-state index is 0.0158. The highest BCUT2D eigenvalue weighted by atomic mass is 35.5. The largest absolute Gasteiger partial charge is 0.326 e. The Morgan fingerprint density at radius 2 is 1.92 bits per heavy atom. The zero-order chi connectivity index (χ0) is 18.4. The molecule has 2 aromatic rings. The normalized spacial score (nSPS) is 14.8. The highest BCUT2D eigenvalue weighted by Crippen LogP contribution is 2.29. The lowest BCUT2D eigenvalue weighted by Crippen LogP contribution is -2.15. The highest BCUT2D eigenvalue weighted by Gasteiger charge is 2.15. The van der Waals surface area contributed by atoms with E-state index in [4.69, 9.17) is 11.6 Å². The topological polar surface area (TPSA) is 58.2 Å². The Morgan fingerprint density at radius 1 is 1.12 bits per heavy atom. The molecule has 1 fully saturated rings. The number of rotatable bonds is 6. The predicted octanol–water partition coefficient (Wildman–Crippen LogP) is 5.95. The Balaban J connectivity index is 1.51. The van der Waals surface area contributed by atoms with E-state index in [0.29, 0.717) is 33.6 Å². The number of thiophene rings is 1. The van der Waals surface area contributed by atoms with Crippen LogP contribution in [0.2, 0.25) is 5.02 Å². The van der Waals surface area contributed by atoms with Gasteiger partial charge in [0.05, 0.1) is 15.6 Å². The van der Waals surface area contributed by atoms with E-state index in [1.54, 1.807) is 24.3 Å². The average molecular weight is 391 g/mol. The molecule has 1 heterocycles. The summed E-state index contributed by atoms with van der Waals surface area (Å²) in [6, 6.07) is 8.73. The Labute approximate surface area is 162 Å². The summed E-state index contributed by atoms with van der Waals surface area (Å²) in [6.45, 7) is 0. The van der Waals surface area contributed by atoms with Crippen molar-refractivity contribution in [2.24, 2.45) is 5.92 Å². The fourth-order valence-electron chi connectivity index (χ4n) is 3.32. The molecular formula is C20H23ClN2O2S. The van der Waals surface area contributed by atoms with Gasteiger partial charge in [-0.2, -0.15) is 0 Å². The minimum Gasteiger partial charge on any atom is -0.326 e. The molecule has 1 aliphatic rings. The molecule has 0 atom stereocenters. The second-order valence-corrected chi connectivity index (χ2v) is 8.07. The quantitative estimate of drug-likeness (QED) is 0.639. The summed E-state index contributed by atoms with van der Waals surface area (Å²) in [5.74, 6) is 0.515. The molecule has 1 aromatic heterocycles. The van der Waals surface area contributed by atoms with Crippen molar-refractivity contribution in [3.05, 3.63) is 45.6 Å². The van der Waals surface area contributed by atoms with Gasteiger partial charge in [-0.25, -0.2) is 0 Å².